The Morgan fingerprint density at radius 1 is 1.10 bits per heavy atom. The van der Waals surface area contributed by atoms with Crippen molar-refractivity contribution in [1.82, 2.24) is 10.2 Å². The summed E-state index contributed by atoms with van der Waals surface area (Å²) in [6, 6.07) is 5.02. The molecule has 0 aliphatic rings. The van der Waals surface area contributed by atoms with Gasteiger partial charge in [0, 0.05) is 37.9 Å². The van der Waals surface area contributed by atoms with Gasteiger partial charge >= 0.3 is 0 Å². The van der Waals surface area contributed by atoms with Crippen LogP contribution in [-0.2, 0) is 6.54 Å². The van der Waals surface area contributed by atoms with Gasteiger partial charge in [-0.2, -0.15) is 0 Å². The van der Waals surface area contributed by atoms with Crippen LogP contribution in [0.2, 0.25) is 0 Å². The molecule has 3 nitrogen and oxygen atoms in total. The zero-order valence-corrected chi connectivity index (χ0v) is 13.6. The zero-order valence-electron chi connectivity index (χ0n) is 13.6. The van der Waals surface area contributed by atoms with Crippen molar-refractivity contribution in [2.45, 2.75) is 32.9 Å². The van der Waals surface area contributed by atoms with E-state index in [-0.39, 0.29) is 11.4 Å². The summed E-state index contributed by atoms with van der Waals surface area (Å²) in [7, 11) is 6.17. The minimum Gasteiger partial charge on any atom is -0.373 e. The molecule has 0 spiro atoms. The van der Waals surface area contributed by atoms with Gasteiger partial charge in [-0.1, -0.05) is 0 Å². The van der Waals surface area contributed by atoms with Gasteiger partial charge in [0.15, 0.2) is 0 Å². The van der Waals surface area contributed by atoms with Gasteiger partial charge in [0.1, 0.15) is 5.82 Å². The van der Waals surface area contributed by atoms with E-state index in [1.54, 1.807) is 6.07 Å². The van der Waals surface area contributed by atoms with E-state index in [1.165, 1.54) is 6.07 Å². The number of anilines is 1. The monoisotopic (exact) mass is 281 g/mol. The number of benzene rings is 1. The van der Waals surface area contributed by atoms with Crippen molar-refractivity contribution >= 4 is 5.69 Å². The lowest BCUT2D eigenvalue weighted by Gasteiger charge is -2.26. The van der Waals surface area contributed by atoms with Crippen LogP contribution >= 0.6 is 0 Å². The van der Waals surface area contributed by atoms with Crippen molar-refractivity contribution in [3.05, 3.63) is 29.6 Å². The van der Waals surface area contributed by atoms with Gasteiger partial charge in [0.2, 0.25) is 0 Å². The second kappa shape index (κ2) is 7.04. The van der Waals surface area contributed by atoms with Gasteiger partial charge in [0.25, 0.3) is 0 Å². The maximum atomic E-state index is 13.5. The molecule has 0 bridgehead atoms. The van der Waals surface area contributed by atoms with Gasteiger partial charge in [-0.3, -0.25) is 0 Å². The van der Waals surface area contributed by atoms with Crippen molar-refractivity contribution in [1.29, 1.82) is 0 Å². The molecule has 0 unspecified atom stereocenters. The van der Waals surface area contributed by atoms with Crippen molar-refractivity contribution in [2.24, 2.45) is 0 Å². The van der Waals surface area contributed by atoms with E-state index in [0.717, 1.165) is 24.3 Å². The number of likely N-dealkylation sites (N-methyl/N-ethyl adjacent to an activating group) is 2. The molecule has 20 heavy (non-hydrogen) atoms. The van der Waals surface area contributed by atoms with Crippen LogP contribution in [0.25, 0.3) is 0 Å². The Balaban J connectivity index is 2.83. The van der Waals surface area contributed by atoms with Gasteiger partial charge in [-0.15, -0.1) is 0 Å². The minimum atomic E-state index is -0.180. The number of rotatable bonds is 6. The van der Waals surface area contributed by atoms with E-state index in [9.17, 15) is 4.39 Å². The van der Waals surface area contributed by atoms with Crippen LogP contribution in [0.4, 0.5) is 10.1 Å². The second-order valence-corrected chi connectivity index (χ2v) is 6.60. The van der Waals surface area contributed by atoms with Gasteiger partial charge in [-0.25, -0.2) is 4.39 Å². The number of halogens is 1. The Bertz CT molecular complexity index is 424. The van der Waals surface area contributed by atoms with Crippen LogP contribution in [0, 0.1) is 5.82 Å². The molecule has 0 saturated heterocycles. The predicted octanol–water partition coefficient (Wildman–Crippen LogP) is 2.71. The van der Waals surface area contributed by atoms with Crippen molar-refractivity contribution in [2.75, 3.05) is 39.1 Å². The van der Waals surface area contributed by atoms with Crippen LogP contribution in [0.5, 0.6) is 0 Å². The molecule has 0 atom stereocenters. The SMILES string of the molecule is CN(C)CCN(C)c1ccc(F)cc1CNC(C)(C)C. The first-order valence-corrected chi connectivity index (χ1v) is 7.08. The first kappa shape index (κ1) is 16.9. The van der Waals surface area contributed by atoms with Crippen LogP contribution in [0.15, 0.2) is 18.2 Å². The highest BCUT2D eigenvalue weighted by Crippen LogP contribution is 2.21. The van der Waals surface area contributed by atoms with Gasteiger partial charge < -0.3 is 15.1 Å². The summed E-state index contributed by atoms with van der Waals surface area (Å²) < 4.78 is 13.5. The molecule has 0 aliphatic carbocycles. The van der Waals surface area contributed by atoms with Crippen molar-refractivity contribution < 1.29 is 4.39 Å². The normalized spacial score (nSPS) is 12.0. The van der Waals surface area contributed by atoms with Gasteiger partial charge in [0.05, 0.1) is 0 Å². The number of hydrogen-bond donors (Lipinski definition) is 1. The third-order valence-electron chi connectivity index (χ3n) is 3.14. The Morgan fingerprint density at radius 3 is 2.30 bits per heavy atom. The fourth-order valence-corrected chi connectivity index (χ4v) is 1.90. The Morgan fingerprint density at radius 2 is 1.75 bits per heavy atom. The summed E-state index contributed by atoms with van der Waals surface area (Å²) in [4.78, 5) is 4.33. The maximum absolute atomic E-state index is 13.5. The van der Waals surface area contributed by atoms with E-state index < -0.39 is 0 Å². The van der Waals surface area contributed by atoms with E-state index >= 15 is 0 Å². The molecule has 0 amide bonds. The third-order valence-corrected chi connectivity index (χ3v) is 3.14. The molecular weight excluding hydrogens is 253 g/mol. The highest BCUT2D eigenvalue weighted by Gasteiger charge is 2.13. The Hall–Kier alpha value is -1.13. The summed E-state index contributed by atoms with van der Waals surface area (Å²) in [5, 5.41) is 3.42. The molecule has 0 radical (unpaired) electrons. The van der Waals surface area contributed by atoms with Crippen molar-refractivity contribution in [3.8, 4) is 0 Å². The molecule has 1 rings (SSSR count). The summed E-state index contributed by atoms with van der Waals surface area (Å²) >= 11 is 0. The molecular formula is C16H28FN3. The maximum Gasteiger partial charge on any atom is 0.123 e. The number of hydrogen-bond acceptors (Lipinski definition) is 3. The van der Waals surface area contributed by atoms with Crippen LogP contribution in [0.3, 0.4) is 0 Å². The van der Waals surface area contributed by atoms with Crippen LogP contribution in [-0.4, -0.2) is 44.7 Å². The summed E-state index contributed by atoms with van der Waals surface area (Å²) in [6.07, 6.45) is 0. The van der Waals surface area contributed by atoms with Gasteiger partial charge in [-0.05, 0) is 58.6 Å². The molecule has 114 valence electrons. The number of nitrogens with zero attached hydrogens (tertiary/aromatic N) is 2. The Labute approximate surface area is 122 Å². The van der Waals surface area contributed by atoms with E-state index in [0.29, 0.717) is 6.54 Å². The molecule has 0 fully saturated rings. The molecule has 1 N–H and O–H groups in total. The summed E-state index contributed by atoms with van der Waals surface area (Å²) in [5.41, 5.74) is 2.11. The molecule has 1 aromatic rings. The predicted molar refractivity (Wildman–Crippen MR) is 84.8 cm³/mol. The Kier molecular flexibility index (Phi) is 5.96. The smallest absolute Gasteiger partial charge is 0.123 e. The topological polar surface area (TPSA) is 18.5 Å². The minimum absolute atomic E-state index is 0.0196. The first-order valence-electron chi connectivity index (χ1n) is 7.08. The highest BCUT2D eigenvalue weighted by atomic mass is 19.1. The first-order chi connectivity index (χ1) is 9.19. The van der Waals surface area contributed by atoms with Crippen molar-refractivity contribution in [3.63, 3.8) is 0 Å². The molecule has 0 aliphatic heterocycles. The zero-order chi connectivity index (χ0) is 15.3. The van der Waals surface area contributed by atoms with E-state index in [4.69, 9.17) is 0 Å². The average molecular weight is 281 g/mol. The molecule has 0 heterocycles. The average Bonchev–Trinajstić information content (AvgIpc) is 2.32. The second-order valence-electron chi connectivity index (χ2n) is 6.60. The summed E-state index contributed by atoms with van der Waals surface area (Å²) in [5.74, 6) is -0.180. The quantitative estimate of drug-likeness (QED) is 0.865. The van der Waals surface area contributed by atoms with Crippen LogP contribution < -0.4 is 10.2 Å². The molecule has 4 heteroatoms. The lowest BCUT2D eigenvalue weighted by molar-refractivity contribution is 0.414. The molecule has 0 aromatic heterocycles. The lowest BCUT2D eigenvalue weighted by atomic mass is 10.1. The molecule has 0 saturated carbocycles. The summed E-state index contributed by atoms with van der Waals surface area (Å²) in [6.45, 7) is 8.90. The third kappa shape index (κ3) is 5.88. The fourth-order valence-electron chi connectivity index (χ4n) is 1.90. The van der Waals surface area contributed by atoms with E-state index in [2.05, 4.69) is 57.0 Å². The van der Waals surface area contributed by atoms with Crippen LogP contribution in [0.1, 0.15) is 26.3 Å². The number of nitrogens with one attached hydrogen (secondary N) is 1. The molecule has 1 aromatic carbocycles. The van der Waals surface area contributed by atoms with E-state index in [1.807, 2.05) is 6.07 Å². The standard InChI is InChI=1S/C16H28FN3/c1-16(2,3)18-12-13-11-14(17)7-8-15(13)20(6)10-9-19(4)5/h7-8,11,18H,9-10,12H2,1-6H3. The lowest BCUT2D eigenvalue weighted by Crippen LogP contribution is -2.36. The highest BCUT2D eigenvalue weighted by molar-refractivity contribution is 5.53. The fraction of sp³-hybridized carbons (Fsp3) is 0.625. The largest absolute Gasteiger partial charge is 0.373 e.